The Morgan fingerprint density at radius 1 is 1.20 bits per heavy atom. The van der Waals surface area contributed by atoms with Crippen molar-refractivity contribution in [3.05, 3.63) is 64.5 Å². The summed E-state index contributed by atoms with van der Waals surface area (Å²) in [5.41, 5.74) is 2.07. The van der Waals surface area contributed by atoms with Gasteiger partial charge in [0.15, 0.2) is 0 Å². The number of fused-ring (bicyclic) bond motifs is 1. The number of hydrogen-bond donors (Lipinski definition) is 2. The van der Waals surface area contributed by atoms with E-state index in [0.29, 0.717) is 0 Å². The summed E-state index contributed by atoms with van der Waals surface area (Å²) in [4.78, 5) is 5.58. The van der Waals surface area contributed by atoms with Crippen molar-refractivity contribution >= 4 is 22.2 Å². The van der Waals surface area contributed by atoms with Crippen LogP contribution < -0.4 is 5.32 Å². The van der Waals surface area contributed by atoms with Crippen molar-refractivity contribution in [2.24, 2.45) is 0 Å². The molecule has 2 heterocycles. The van der Waals surface area contributed by atoms with Gasteiger partial charge in [0.2, 0.25) is 0 Å². The molecule has 0 aliphatic rings. The second-order valence-electron chi connectivity index (χ2n) is 4.65. The predicted octanol–water partition coefficient (Wildman–Crippen LogP) is 3.12. The first-order valence-electron chi connectivity index (χ1n) is 6.58. The molecular formula is C16H16N2OS. The Labute approximate surface area is 121 Å². The van der Waals surface area contributed by atoms with E-state index in [1.54, 1.807) is 17.5 Å². The smallest absolute Gasteiger partial charge is 0.0702 e. The Hall–Kier alpha value is -1.75. The third kappa shape index (κ3) is 2.88. The summed E-state index contributed by atoms with van der Waals surface area (Å²) in [6, 6.07) is 14.2. The average Bonchev–Trinajstić information content (AvgIpc) is 3.01. The highest BCUT2D eigenvalue weighted by molar-refractivity contribution is 7.09. The first kappa shape index (κ1) is 13.2. The number of nitrogens with zero attached hydrogens (tertiary/aromatic N) is 1. The van der Waals surface area contributed by atoms with Crippen molar-refractivity contribution in [3.63, 3.8) is 0 Å². The van der Waals surface area contributed by atoms with Crippen LogP contribution in [0.4, 0.5) is 0 Å². The van der Waals surface area contributed by atoms with Crippen LogP contribution in [0.2, 0.25) is 0 Å². The maximum atomic E-state index is 9.61. The van der Waals surface area contributed by atoms with Gasteiger partial charge >= 0.3 is 0 Å². The first-order chi connectivity index (χ1) is 9.86. The lowest BCUT2D eigenvalue weighted by Crippen LogP contribution is -2.23. The molecule has 0 saturated heterocycles. The average molecular weight is 284 g/mol. The van der Waals surface area contributed by atoms with Gasteiger partial charge in [-0.05, 0) is 35.2 Å². The second-order valence-corrected chi connectivity index (χ2v) is 5.68. The van der Waals surface area contributed by atoms with Crippen molar-refractivity contribution in [3.8, 4) is 0 Å². The van der Waals surface area contributed by atoms with Gasteiger partial charge in [0.25, 0.3) is 0 Å². The van der Waals surface area contributed by atoms with E-state index in [2.05, 4.69) is 27.8 Å². The van der Waals surface area contributed by atoms with E-state index >= 15 is 0 Å². The van der Waals surface area contributed by atoms with E-state index in [4.69, 9.17) is 0 Å². The lowest BCUT2D eigenvalue weighted by atomic mass is 10.0. The Balaban J connectivity index is 1.79. The lowest BCUT2D eigenvalue weighted by Gasteiger charge is -2.16. The van der Waals surface area contributed by atoms with E-state index in [0.717, 1.165) is 23.0 Å². The maximum absolute atomic E-state index is 9.61. The topological polar surface area (TPSA) is 45.1 Å². The summed E-state index contributed by atoms with van der Waals surface area (Å²) in [5.74, 6) is 0. The minimum atomic E-state index is -0.0540. The molecule has 0 bridgehead atoms. The van der Waals surface area contributed by atoms with Crippen molar-refractivity contribution < 1.29 is 5.11 Å². The van der Waals surface area contributed by atoms with E-state index in [9.17, 15) is 5.11 Å². The fraction of sp³-hybridized carbons (Fsp3) is 0.188. The molecule has 102 valence electrons. The van der Waals surface area contributed by atoms with Gasteiger partial charge in [-0.25, -0.2) is 0 Å². The molecule has 1 aromatic carbocycles. The van der Waals surface area contributed by atoms with Gasteiger partial charge in [0.1, 0.15) is 0 Å². The molecule has 3 rings (SSSR count). The van der Waals surface area contributed by atoms with E-state index in [1.807, 2.05) is 30.3 Å². The molecule has 2 N–H and O–H groups in total. The highest BCUT2D eigenvalue weighted by atomic mass is 32.1. The highest BCUT2D eigenvalue weighted by Crippen LogP contribution is 2.20. The number of hydrogen-bond acceptors (Lipinski definition) is 4. The molecule has 0 fully saturated rings. The van der Waals surface area contributed by atoms with E-state index in [-0.39, 0.29) is 12.6 Å². The van der Waals surface area contributed by atoms with Crippen LogP contribution in [0.5, 0.6) is 0 Å². The minimum absolute atomic E-state index is 0.0540. The van der Waals surface area contributed by atoms with Gasteiger partial charge in [-0.1, -0.05) is 18.2 Å². The molecule has 1 atom stereocenters. The Morgan fingerprint density at radius 3 is 2.95 bits per heavy atom. The largest absolute Gasteiger partial charge is 0.394 e. The Kier molecular flexibility index (Phi) is 4.06. The molecule has 3 nitrogen and oxygen atoms in total. The number of pyridine rings is 1. The number of aromatic nitrogens is 1. The summed E-state index contributed by atoms with van der Waals surface area (Å²) in [6.45, 7) is 0.852. The molecule has 0 spiro atoms. The van der Waals surface area contributed by atoms with Crippen LogP contribution >= 0.6 is 11.3 Å². The number of aliphatic hydroxyl groups is 1. The van der Waals surface area contributed by atoms with Crippen molar-refractivity contribution in [1.29, 1.82) is 0 Å². The summed E-state index contributed by atoms with van der Waals surface area (Å²) in [5, 5.41) is 16.2. The normalized spacial score (nSPS) is 12.7. The van der Waals surface area contributed by atoms with Gasteiger partial charge in [-0.2, -0.15) is 0 Å². The molecule has 0 radical (unpaired) electrons. The zero-order chi connectivity index (χ0) is 13.8. The van der Waals surface area contributed by atoms with Crippen LogP contribution in [0.25, 0.3) is 10.9 Å². The number of thiophene rings is 1. The molecular weight excluding hydrogens is 268 g/mol. The first-order valence-corrected chi connectivity index (χ1v) is 7.46. The molecule has 0 aliphatic heterocycles. The molecule has 0 saturated carbocycles. The molecule has 20 heavy (non-hydrogen) atoms. The Bertz CT molecular complexity index is 682. The van der Waals surface area contributed by atoms with Crippen molar-refractivity contribution in [2.45, 2.75) is 12.6 Å². The molecule has 3 aromatic rings. The molecule has 4 heteroatoms. The third-order valence-electron chi connectivity index (χ3n) is 3.31. The van der Waals surface area contributed by atoms with Crippen LogP contribution in [0.15, 0.2) is 54.0 Å². The number of nitrogens with one attached hydrogen (secondary N) is 1. The second kappa shape index (κ2) is 6.13. The van der Waals surface area contributed by atoms with Gasteiger partial charge in [-0.3, -0.25) is 4.98 Å². The van der Waals surface area contributed by atoms with Crippen molar-refractivity contribution in [2.75, 3.05) is 6.61 Å². The van der Waals surface area contributed by atoms with Gasteiger partial charge in [-0.15, -0.1) is 11.3 Å². The number of benzene rings is 1. The minimum Gasteiger partial charge on any atom is -0.394 e. The monoisotopic (exact) mass is 284 g/mol. The van der Waals surface area contributed by atoms with E-state index < -0.39 is 0 Å². The maximum Gasteiger partial charge on any atom is 0.0702 e. The highest BCUT2D eigenvalue weighted by Gasteiger charge is 2.10. The lowest BCUT2D eigenvalue weighted by molar-refractivity contribution is 0.244. The fourth-order valence-corrected chi connectivity index (χ4v) is 2.89. The van der Waals surface area contributed by atoms with Crippen LogP contribution in [0.1, 0.15) is 16.5 Å². The summed E-state index contributed by atoms with van der Waals surface area (Å²) >= 11 is 1.72. The van der Waals surface area contributed by atoms with E-state index in [1.165, 1.54) is 4.88 Å². The van der Waals surface area contributed by atoms with Crippen LogP contribution in [0.3, 0.4) is 0 Å². The zero-order valence-electron chi connectivity index (χ0n) is 11.0. The molecule has 0 amide bonds. The van der Waals surface area contributed by atoms with Crippen LogP contribution in [-0.4, -0.2) is 16.7 Å². The third-order valence-corrected chi connectivity index (χ3v) is 4.19. The zero-order valence-corrected chi connectivity index (χ0v) is 11.8. The van der Waals surface area contributed by atoms with Gasteiger partial charge in [0, 0.05) is 23.0 Å². The quantitative estimate of drug-likeness (QED) is 0.756. The van der Waals surface area contributed by atoms with Crippen LogP contribution in [0, 0.1) is 0 Å². The number of aliphatic hydroxyl groups excluding tert-OH is 1. The van der Waals surface area contributed by atoms with Crippen molar-refractivity contribution in [1.82, 2.24) is 10.3 Å². The molecule has 0 aliphatic carbocycles. The fourth-order valence-electron chi connectivity index (χ4n) is 2.24. The van der Waals surface area contributed by atoms with Gasteiger partial charge < -0.3 is 10.4 Å². The standard InChI is InChI=1S/C16H16N2OS/c19-11-16(18-10-14-4-2-8-20-14)13-5-6-15-12(9-13)3-1-7-17-15/h1-9,16,18-19H,10-11H2. The Morgan fingerprint density at radius 2 is 2.15 bits per heavy atom. The molecule has 2 aromatic heterocycles. The van der Waals surface area contributed by atoms with Gasteiger partial charge in [0.05, 0.1) is 18.2 Å². The summed E-state index contributed by atoms with van der Waals surface area (Å²) in [6.07, 6.45) is 1.79. The summed E-state index contributed by atoms with van der Waals surface area (Å²) in [7, 11) is 0. The van der Waals surface area contributed by atoms with Crippen LogP contribution in [-0.2, 0) is 6.54 Å². The summed E-state index contributed by atoms with van der Waals surface area (Å²) < 4.78 is 0. The SMILES string of the molecule is OCC(NCc1cccs1)c1ccc2ncccc2c1. The number of rotatable bonds is 5. The molecule has 1 unspecified atom stereocenters. The predicted molar refractivity (Wildman–Crippen MR) is 82.7 cm³/mol.